The Morgan fingerprint density at radius 1 is 1.26 bits per heavy atom. The molecule has 2 N–H and O–H groups in total. The molecular weight excluding hydrogens is 393 g/mol. The van der Waals surface area contributed by atoms with E-state index in [1.807, 2.05) is 0 Å². The van der Waals surface area contributed by atoms with Crippen molar-refractivity contribution in [3.63, 3.8) is 0 Å². The number of nitrogens with one attached hydrogen (secondary N) is 2. The van der Waals surface area contributed by atoms with Gasteiger partial charge in [-0.25, -0.2) is 22.5 Å². The molecule has 0 radical (unpaired) electrons. The largest absolute Gasteiger partial charge is 0.339 e. The molecule has 144 valence electrons. The summed E-state index contributed by atoms with van der Waals surface area (Å²) in [7, 11) is -3.81. The van der Waals surface area contributed by atoms with Gasteiger partial charge in [0.25, 0.3) is 0 Å². The lowest BCUT2D eigenvalue weighted by atomic mass is 10.1. The lowest BCUT2D eigenvalue weighted by Gasteiger charge is -2.19. The molecule has 0 aliphatic rings. The van der Waals surface area contributed by atoms with Gasteiger partial charge in [-0.15, -0.1) is 0 Å². The number of rotatable bonds is 4. The summed E-state index contributed by atoms with van der Waals surface area (Å²) in [5.74, 6) is 0.0243. The molecule has 0 bridgehead atoms. The SMILES string of the molecule is Cc1cc(Nc2ccnc3c(S(=O)(=O)NC(C)(C)C)cnn23)c(Cl)cc1F. The van der Waals surface area contributed by atoms with E-state index in [9.17, 15) is 12.8 Å². The van der Waals surface area contributed by atoms with Crippen LogP contribution in [0.25, 0.3) is 5.65 Å². The Morgan fingerprint density at radius 2 is 1.96 bits per heavy atom. The highest BCUT2D eigenvalue weighted by Crippen LogP contribution is 2.29. The summed E-state index contributed by atoms with van der Waals surface area (Å²) in [5.41, 5.74) is 0.398. The van der Waals surface area contributed by atoms with E-state index in [4.69, 9.17) is 11.6 Å². The Labute approximate surface area is 161 Å². The van der Waals surface area contributed by atoms with Gasteiger partial charge in [0, 0.05) is 11.7 Å². The van der Waals surface area contributed by atoms with Crippen LogP contribution < -0.4 is 10.0 Å². The van der Waals surface area contributed by atoms with Crippen LogP contribution in [0.5, 0.6) is 0 Å². The molecule has 0 spiro atoms. The molecule has 3 rings (SSSR count). The first kappa shape index (κ1) is 19.5. The van der Waals surface area contributed by atoms with Crippen LogP contribution in [0, 0.1) is 12.7 Å². The zero-order valence-electron chi connectivity index (χ0n) is 15.2. The number of benzene rings is 1. The number of halogens is 2. The molecule has 1 aromatic carbocycles. The maximum absolute atomic E-state index is 13.6. The first-order chi connectivity index (χ1) is 12.5. The summed E-state index contributed by atoms with van der Waals surface area (Å²) in [6.07, 6.45) is 2.69. The Bertz CT molecular complexity index is 1120. The summed E-state index contributed by atoms with van der Waals surface area (Å²) in [4.78, 5) is 4.10. The summed E-state index contributed by atoms with van der Waals surface area (Å²) < 4.78 is 42.8. The van der Waals surface area contributed by atoms with Crippen LogP contribution in [0.1, 0.15) is 26.3 Å². The summed E-state index contributed by atoms with van der Waals surface area (Å²) in [6.45, 7) is 6.86. The molecule has 0 amide bonds. The number of anilines is 2. The topological polar surface area (TPSA) is 88.4 Å². The van der Waals surface area contributed by atoms with E-state index < -0.39 is 21.4 Å². The van der Waals surface area contributed by atoms with Crippen molar-refractivity contribution < 1.29 is 12.8 Å². The predicted molar refractivity (Wildman–Crippen MR) is 102 cm³/mol. The summed E-state index contributed by atoms with van der Waals surface area (Å²) in [6, 6.07) is 4.39. The highest BCUT2D eigenvalue weighted by atomic mass is 35.5. The first-order valence-electron chi connectivity index (χ1n) is 8.07. The van der Waals surface area contributed by atoms with Gasteiger partial charge in [0.05, 0.1) is 16.9 Å². The maximum atomic E-state index is 13.6. The molecule has 27 heavy (non-hydrogen) atoms. The third-order valence-corrected chi connectivity index (χ3v) is 5.67. The van der Waals surface area contributed by atoms with Crippen molar-refractivity contribution >= 4 is 38.8 Å². The minimum atomic E-state index is -3.81. The second-order valence-electron chi connectivity index (χ2n) is 7.14. The van der Waals surface area contributed by atoms with Gasteiger partial charge in [0.15, 0.2) is 5.65 Å². The van der Waals surface area contributed by atoms with Crippen molar-refractivity contribution in [1.29, 1.82) is 0 Å². The van der Waals surface area contributed by atoms with Gasteiger partial charge in [0.1, 0.15) is 16.5 Å². The van der Waals surface area contributed by atoms with Crippen molar-refractivity contribution in [3.05, 3.63) is 47.0 Å². The lowest BCUT2D eigenvalue weighted by molar-refractivity contribution is 0.492. The third-order valence-electron chi connectivity index (χ3n) is 3.61. The molecule has 0 atom stereocenters. The van der Waals surface area contributed by atoms with E-state index in [-0.39, 0.29) is 15.6 Å². The van der Waals surface area contributed by atoms with Crippen LogP contribution in [-0.4, -0.2) is 28.6 Å². The highest BCUT2D eigenvalue weighted by Gasteiger charge is 2.26. The molecule has 0 aliphatic heterocycles. The van der Waals surface area contributed by atoms with Gasteiger partial charge in [-0.2, -0.15) is 9.61 Å². The molecule has 2 heterocycles. The van der Waals surface area contributed by atoms with Crippen LogP contribution in [0.2, 0.25) is 5.02 Å². The standard InChI is InChI=1S/C17H19ClFN5O2S/c1-10-7-13(11(18)8-12(10)19)22-15-5-6-20-16-14(9-21-24(15)16)27(25,26)23-17(2,3)4/h5-9,22-23H,1-4H3. The number of aromatic nitrogens is 3. The average Bonchev–Trinajstić information content (AvgIpc) is 2.96. The monoisotopic (exact) mass is 411 g/mol. The fraction of sp³-hybridized carbons (Fsp3) is 0.294. The van der Waals surface area contributed by atoms with Crippen LogP contribution in [0.3, 0.4) is 0 Å². The predicted octanol–water partition coefficient (Wildman–Crippen LogP) is 3.65. The van der Waals surface area contributed by atoms with Crippen molar-refractivity contribution in [2.45, 2.75) is 38.1 Å². The third kappa shape index (κ3) is 4.05. The molecular formula is C17H19ClFN5O2S. The van der Waals surface area contributed by atoms with E-state index in [0.29, 0.717) is 17.1 Å². The van der Waals surface area contributed by atoms with Gasteiger partial charge >= 0.3 is 0 Å². The molecule has 3 aromatic rings. The zero-order chi connectivity index (χ0) is 20.0. The zero-order valence-corrected chi connectivity index (χ0v) is 16.8. The molecule has 2 aromatic heterocycles. The molecule has 0 aliphatic carbocycles. The van der Waals surface area contributed by atoms with Gasteiger partial charge in [-0.3, -0.25) is 0 Å². The van der Waals surface area contributed by atoms with E-state index in [0.717, 1.165) is 0 Å². The number of fused-ring (bicyclic) bond motifs is 1. The second-order valence-corrected chi connectivity index (χ2v) is 9.19. The molecule has 0 saturated heterocycles. The van der Waals surface area contributed by atoms with E-state index >= 15 is 0 Å². The quantitative estimate of drug-likeness (QED) is 0.684. The average molecular weight is 412 g/mol. The molecule has 0 saturated carbocycles. The molecule has 0 unspecified atom stereocenters. The van der Waals surface area contributed by atoms with E-state index in [1.54, 1.807) is 39.8 Å². The number of hydrogen-bond donors (Lipinski definition) is 2. The number of nitrogens with zero attached hydrogens (tertiary/aromatic N) is 3. The van der Waals surface area contributed by atoms with Crippen LogP contribution in [-0.2, 0) is 10.0 Å². The Balaban J connectivity index is 2.06. The number of aryl methyl sites for hydroxylation is 1. The number of hydrogen-bond acceptors (Lipinski definition) is 5. The van der Waals surface area contributed by atoms with Gasteiger partial charge < -0.3 is 5.32 Å². The maximum Gasteiger partial charge on any atom is 0.246 e. The fourth-order valence-corrected chi connectivity index (χ4v) is 4.18. The minimum absolute atomic E-state index is 0.0394. The smallest absolute Gasteiger partial charge is 0.246 e. The Kier molecular flexibility index (Phi) is 4.87. The van der Waals surface area contributed by atoms with Crippen molar-refractivity contribution in [1.82, 2.24) is 19.3 Å². The minimum Gasteiger partial charge on any atom is -0.339 e. The van der Waals surface area contributed by atoms with E-state index in [2.05, 4.69) is 20.1 Å². The highest BCUT2D eigenvalue weighted by molar-refractivity contribution is 7.89. The van der Waals surface area contributed by atoms with Crippen LogP contribution in [0.4, 0.5) is 15.9 Å². The van der Waals surface area contributed by atoms with Gasteiger partial charge in [-0.1, -0.05) is 11.6 Å². The Morgan fingerprint density at radius 3 is 2.63 bits per heavy atom. The number of sulfonamides is 1. The fourth-order valence-electron chi connectivity index (χ4n) is 2.50. The van der Waals surface area contributed by atoms with Gasteiger partial charge in [-0.05, 0) is 51.5 Å². The van der Waals surface area contributed by atoms with Gasteiger partial charge in [0.2, 0.25) is 10.0 Å². The van der Waals surface area contributed by atoms with Crippen molar-refractivity contribution in [2.75, 3.05) is 5.32 Å². The first-order valence-corrected chi connectivity index (χ1v) is 9.93. The molecule has 7 nitrogen and oxygen atoms in total. The summed E-state index contributed by atoms with van der Waals surface area (Å²) >= 11 is 6.10. The van der Waals surface area contributed by atoms with Crippen LogP contribution >= 0.6 is 11.6 Å². The van der Waals surface area contributed by atoms with Crippen LogP contribution in [0.15, 0.2) is 35.5 Å². The normalized spacial score (nSPS) is 12.5. The summed E-state index contributed by atoms with van der Waals surface area (Å²) in [5, 5.41) is 7.37. The Hall–Kier alpha value is -2.23. The van der Waals surface area contributed by atoms with E-state index in [1.165, 1.54) is 23.0 Å². The lowest BCUT2D eigenvalue weighted by Crippen LogP contribution is -2.40. The molecule has 10 heteroatoms. The second kappa shape index (κ2) is 6.74. The molecule has 0 fully saturated rings. The van der Waals surface area contributed by atoms with Crippen molar-refractivity contribution in [3.8, 4) is 0 Å². The van der Waals surface area contributed by atoms with Crippen molar-refractivity contribution in [2.24, 2.45) is 0 Å².